The number of ether oxygens (including phenoxy) is 1. The number of fused-ring (bicyclic) bond motifs is 1. The molecule has 6 nitrogen and oxygen atoms in total. The predicted molar refractivity (Wildman–Crippen MR) is 105 cm³/mol. The Balaban J connectivity index is 1.80. The van der Waals surface area contributed by atoms with E-state index in [4.69, 9.17) is 4.74 Å². The van der Waals surface area contributed by atoms with Gasteiger partial charge >= 0.3 is 6.18 Å². The van der Waals surface area contributed by atoms with Crippen molar-refractivity contribution in [3.8, 4) is 17.0 Å². The van der Waals surface area contributed by atoms with Gasteiger partial charge in [0.15, 0.2) is 5.65 Å². The zero-order valence-electron chi connectivity index (χ0n) is 17.4. The predicted octanol–water partition coefficient (Wildman–Crippen LogP) is 4.69. The number of nitrogens with zero attached hydrogens (tertiary/aromatic N) is 4. The summed E-state index contributed by atoms with van der Waals surface area (Å²) in [7, 11) is 1.67. The van der Waals surface area contributed by atoms with Crippen LogP contribution in [0.15, 0.2) is 24.5 Å². The summed E-state index contributed by atoms with van der Waals surface area (Å²) < 4.78 is 46.6. The molecule has 9 heteroatoms. The smallest absolute Gasteiger partial charge is 0.416 e. The first-order chi connectivity index (χ1) is 13.9. The topological polar surface area (TPSA) is 73.1 Å². The minimum atomic E-state index is -4.54. The number of alkyl halides is 3. The van der Waals surface area contributed by atoms with Gasteiger partial charge in [-0.2, -0.15) is 13.2 Å². The maximum atomic E-state index is 13.0. The maximum absolute atomic E-state index is 13.0. The zero-order valence-corrected chi connectivity index (χ0v) is 17.4. The maximum Gasteiger partial charge on any atom is 0.416 e. The van der Waals surface area contributed by atoms with Gasteiger partial charge in [0.25, 0.3) is 0 Å². The minimum Gasteiger partial charge on any atom is -0.507 e. The second-order valence-corrected chi connectivity index (χ2v) is 8.47. The summed E-state index contributed by atoms with van der Waals surface area (Å²) >= 11 is 0. The molecule has 0 aliphatic heterocycles. The van der Waals surface area contributed by atoms with Gasteiger partial charge in [-0.05, 0) is 50.8 Å². The Morgan fingerprint density at radius 3 is 2.47 bits per heavy atom. The van der Waals surface area contributed by atoms with Gasteiger partial charge in [-0.1, -0.05) is 6.92 Å². The monoisotopic (exact) mass is 420 g/mol. The zero-order chi connectivity index (χ0) is 22.1. The van der Waals surface area contributed by atoms with Crippen LogP contribution in [-0.2, 0) is 16.5 Å². The number of rotatable bonds is 4. The lowest BCUT2D eigenvalue weighted by Crippen LogP contribution is -2.44. The molecule has 0 bridgehead atoms. The van der Waals surface area contributed by atoms with Crippen LogP contribution in [0.1, 0.15) is 38.3 Å². The molecule has 1 aliphatic rings. The van der Waals surface area contributed by atoms with Crippen LogP contribution in [0, 0.1) is 12.8 Å². The van der Waals surface area contributed by atoms with Crippen molar-refractivity contribution in [1.29, 1.82) is 0 Å². The summed E-state index contributed by atoms with van der Waals surface area (Å²) in [5.41, 5.74) is -0.0472. The molecule has 2 atom stereocenters. The van der Waals surface area contributed by atoms with Gasteiger partial charge in [-0.3, -0.25) is 4.68 Å². The highest BCUT2D eigenvalue weighted by Gasteiger charge is 2.63. The second kappa shape index (κ2) is 6.41. The molecule has 4 rings (SSSR count). The summed E-state index contributed by atoms with van der Waals surface area (Å²) in [6, 6.07) is 1.69. The molecule has 1 saturated carbocycles. The summed E-state index contributed by atoms with van der Waals surface area (Å²) in [5, 5.41) is 14.9. The van der Waals surface area contributed by atoms with Gasteiger partial charge in [-0.25, -0.2) is 9.97 Å². The van der Waals surface area contributed by atoms with E-state index >= 15 is 0 Å². The lowest BCUT2D eigenvalue weighted by molar-refractivity contribution is -0.137. The van der Waals surface area contributed by atoms with Crippen molar-refractivity contribution in [2.75, 3.05) is 7.11 Å². The Hall–Kier alpha value is -2.68. The molecule has 30 heavy (non-hydrogen) atoms. The minimum absolute atomic E-state index is 0.207. The van der Waals surface area contributed by atoms with Crippen molar-refractivity contribution < 1.29 is 23.0 Å². The highest BCUT2D eigenvalue weighted by molar-refractivity contribution is 5.77. The average molecular weight is 420 g/mol. The molecular formula is C21H23F3N4O2. The third-order valence-electron chi connectivity index (χ3n) is 6.36. The number of methoxy groups -OCH3 is 1. The second-order valence-electron chi connectivity index (χ2n) is 8.47. The van der Waals surface area contributed by atoms with Gasteiger partial charge in [0, 0.05) is 12.7 Å². The number of hydrogen-bond donors (Lipinski definition) is 1. The van der Waals surface area contributed by atoms with Crippen molar-refractivity contribution >= 4 is 11.2 Å². The number of phenols is 1. The van der Waals surface area contributed by atoms with E-state index in [9.17, 15) is 18.3 Å². The number of halogens is 3. The van der Waals surface area contributed by atoms with E-state index < -0.39 is 23.1 Å². The number of aromatic nitrogens is 4. The first-order valence-electron chi connectivity index (χ1n) is 9.60. The fraction of sp³-hybridized carbons (Fsp3) is 0.476. The van der Waals surface area contributed by atoms with Crippen molar-refractivity contribution in [3.05, 3.63) is 35.7 Å². The lowest BCUT2D eigenvalue weighted by Gasteiger charge is -2.34. The van der Waals surface area contributed by atoms with Crippen LogP contribution in [-0.4, -0.2) is 37.6 Å². The Bertz CT molecular complexity index is 1120. The third-order valence-corrected chi connectivity index (χ3v) is 6.36. The molecule has 0 spiro atoms. The van der Waals surface area contributed by atoms with Crippen LogP contribution in [0.2, 0.25) is 0 Å². The van der Waals surface area contributed by atoms with E-state index in [0.717, 1.165) is 12.5 Å². The first kappa shape index (κ1) is 20.6. The normalized spacial score (nSPS) is 21.9. The van der Waals surface area contributed by atoms with Crippen molar-refractivity contribution in [1.82, 2.24) is 19.7 Å². The summed E-state index contributed by atoms with van der Waals surface area (Å²) in [4.78, 5) is 8.86. The third kappa shape index (κ3) is 2.94. The lowest BCUT2D eigenvalue weighted by atomic mass is 9.94. The van der Waals surface area contributed by atoms with Crippen LogP contribution in [0.25, 0.3) is 22.4 Å². The highest BCUT2D eigenvalue weighted by atomic mass is 19.4. The number of phenolic OH excluding ortho intramolecular Hbond substituents is 1. The molecule has 160 valence electrons. The van der Waals surface area contributed by atoms with E-state index in [1.807, 2.05) is 24.7 Å². The van der Waals surface area contributed by atoms with E-state index in [0.29, 0.717) is 23.1 Å². The van der Waals surface area contributed by atoms with Gasteiger partial charge in [0.05, 0.1) is 34.8 Å². The van der Waals surface area contributed by atoms with E-state index in [2.05, 4.69) is 22.0 Å². The molecule has 2 aromatic heterocycles. The summed E-state index contributed by atoms with van der Waals surface area (Å²) in [6.07, 6.45) is -0.393. The average Bonchev–Trinajstić information content (AvgIpc) is 3.17. The number of aryl methyl sites for hydroxylation is 1. The molecule has 0 saturated heterocycles. The SMILES string of the molecule is COC(C)(C)C1(n2cc3ncc(-c4c(C)cc(C(F)(F)F)cc4O)nc3n2)CC1C. The Morgan fingerprint density at radius 1 is 1.27 bits per heavy atom. The van der Waals surface area contributed by atoms with Crippen LogP contribution in [0.5, 0.6) is 5.75 Å². The largest absolute Gasteiger partial charge is 0.507 e. The molecule has 0 radical (unpaired) electrons. The van der Waals surface area contributed by atoms with Crippen LogP contribution in [0.4, 0.5) is 13.2 Å². The Morgan fingerprint density at radius 2 is 1.93 bits per heavy atom. The molecule has 1 aromatic carbocycles. The molecule has 1 fully saturated rings. The fourth-order valence-corrected chi connectivity index (χ4v) is 4.41. The molecule has 1 aliphatic carbocycles. The number of aromatic hydroxyl groups is 1. The highest BCUT2D eigenvalue weighted by Crippen LogP contribution is 2.58. The van der Waals surface area contributed by atoms with E-state index in [-0.39, 0.29) is 22.4 Å². The first-order valence-corrected chi connectivity index (χ1v) is 9.60. The molecule has 3 aromatic rings. The van der Waals surface area contributed by atoms with E-state index in [1.165, 1.54) is 13.1 Å². The Kier molecular flexibility index (Phi) is 4.40. The number of hydrogen-bond acceptors (Lipinski definition) is 5. The van der Waals surface area contributed by atoms with Crippen LogP contribution >= 0.6 is 0 Å². The van der Waals surface area contributed by atoms with Gasteiger partial charge in [0.1, 0.15) is 11.3 Å². The van der Waals surface area contributed by atoms with Gasteiger partial charge in [-0.15, -0.1) is 5.10 Å². The van der Waals surface area contributed by atoms with Crippen LogP contribution in [0.3, 0.4) is 0 Å². The summed E-state index contributed by atoms with van der Waals surface area (Å²) in [6.45, 7) is 7.65. The van der Waals surface area contributed by atoms with Crippen molar-refractivity contribution in [3.63, 3.8) is 0 Å². The van der Waals surface area contributed by atoms with E-state index in [1.54, 1.807) is 7.11 Å². The molecule has 1 N–H and O–H groups in total. The van der Waals surface area contributed by atoms with Gasteiger partial charge < -0.3 is 9.84 Å². The van der Waals surface area contributed by atoms with Crippen molar-refractivity contribution in [2.24, 2.45) is 5.92 Å². The fourth-order valence-electron chi connectivity index (χ4n) is 4.41. The molecule has 0 amide bonds. The van der Waals surface area contributed by atoms with Crippen molar-refractivity contribution in [2.45, 2.75) is 51.4 Å². The standard InChI is InChI=1S/C21H23F3N4O2/c1-11-6-13(21(22,23)24)7-16(29)17(11)14-9-25-15-10-28(27-18(15)26-14)20(8-12(20)2)19(3,4)30-5/h6-7,9-10,12,29H,8H2,1-5H3. The molecular weight excluding hydrogens is 397 g/mol. The number of benzene rings is 1. The van der Waals surface area contributed by atoms with Gasteiger partial charge in [0.2, 0.25) is 0 Å². The van der Waals surface area contributed by atoms with Crippen LogP contribution < -0.4 is 0 Å². The molecule has 2 unspecified atom stereocenters. The Labute approximate surface area is 171 Å². The molecule has 2 heterocycles. The quantitative estimate of drug-likeness (QED) is 0.663. The summed E-state index contributed by atoms with van der Waals surface area (Å²) in [5.74, 6) is -0.148.